The average molecular weight is 350 g/mol. The van der Waals surface area contributed by atoms with E-state index in [0.717, 1.165) is 0 Å². The zero-order valence-electron chi connectivity index (χ0n) is 13.6. The maximum absolute atomic E-state index is 13.7. The summed E-state index contributed by atoms with van der Waals surface area (Å²) in [4.78, 5) is 12.4. The highest BCUT2D eigenvalue weighted by Gasteiger charge is 2.34. The Morgan fingerprint density at radius 1 is 1.00 bits per heavy atom. The summed E-state index contributed by atoms with van der Waals surface area (Å²) in [6, 6.07) is 10.8. The molecule has 3 rings (SSSR count). The molecule has 0 N–H and O–H groups in total. The number of ketones is 1. The topological polar surface area (TPSA) is 17.1 Å². The van der Waals surface area contributed by atoms with E-state index in [1.807, 2.05) is 0 Å². The quantitative estimate of drug-likeness (QED) is 0.610. The zero-order valence-corrected chi connectivity index (χ0v) is 13.6. The summed E-state index contributed by atoms with van der Waals surface area (Å²) in [7, 11) is 0. The molecular weight excluding hydrogens is 332 g/mol. The van der Waals surface area contributed by atoms with Gasteiger partial charge in [-0.1, -0.05) is 30.3 Å². The van der Waals surface area contributed by atoms with E-state index in [9.17, 15) is 22.4 Å². The molecule has 0 amide bonds. The van der Waals surface area contributed by atoms with Crippen molar-refractivity contribution in [3.8, 4) is 0 Å². The van der Waals surface area contributed by atoms with Gasteiger partial charge in [0.05, 0.1) is 6.42 Å². The molecule has 1 aliphatic rings. The Morgan fingerprint density at radius 3 is 2.52 bits per heavy atom. The van der Waals surface area contributed by atoms with E-state index in [0.29, 0.717) is 41.5 Å². The van der Waals surface area contributed by atoms with Gasteiger partial charge in [0, 0.05) is 12.0 Å². The second kappa shape index (κ2) is 6.98. The SMILES string of the molecule is O=C1CCCc2ccc(F)cc2C(CC(F)(F)F)Cc2ccccc21. The van der Waals surface area contributed by atoms with Gasteiger partial charge in [0.15, 0.2) is 5.78 Å². The number of hydrogen-bond acceptors (Lipinski definition) is 1. The predicted molar refractivity (Wildman–Crippen MR) is 87.2 cm³/mol. The van der Waals surface area contributed by atoms with Crippen LogP contribution >= 0.6 is 0 Å². The minimum absolute atomic E-state index is 0.0491. The first-order valence-corrected chi connectivity index (χ1v) is 8.29. The lowest BCUT2D eigenvalue weighted by Gasteiger charge is -2.24. The van der Waals surface area contributed by atoms with Crippen LogP contribution in [0.25, 0.3) is 0 Å². The second-order valence-corrected chi connectivity index (χ2v) is 6.50. The van der Waals surface area contributed by atoms with E-state index in [1.165, 1.54) is 12.1 Å². The van der Waals surface area contributed by atoms with Crippen LogP contribution in [0, 0.1) is 5.82 Å². The van der Waals surface area contributed by atoms with Crippen LogP contribution in [0.4, 0.5) is 17.6 Å². The van der Waals surface area contributed by atoms with E-state index >= 15 is 0 Å². The van der Waals surface area contributed by atoms with Gasteiger partial charge in [0.2, 0.25) is 0 Å². The van der Waals surface area contributed by atoms with E-state index in [-0.39, 0.29) is 12.2 Å². The van der Waals surface area contributed by atoms with Gasteiger partial charge in [-0.05, 0) is 54.0 Å². The monoisotopic (exact) mass is 350 g/mol. The molecule has 1 aliphatic carbocycles. The van der Waals surface area contributed by atoms with Crippen molar-refractivity contribution >= 4 is 5.78 Å². The number of hydrogen-bond donors (Lipinski definition) is 0. The maximum Gasteiger partial charge on any atom is 0.389 e. The first-order valence-electron chi connectivity index (χ1n) is 8.29. The molecule has 0 radical (unpaired) electrons. The molecule has 132 valence electrons. The number of carbonyl (C=O) groups excluding carboxylic acids is 1. The van der Waals surface area contributed by atoms with Crippen molar-refractivity contribution in [3.05, 3.63) is 70.5 Å². The van der Waals surface area contributed by atoms with Gasteiger partial charge in [0.1, 0.15) is 5.82 Å². The predicted octanol–water partition coefficient (Wildman–Crippen LogP) is 5.62. The third kappa shape index (κ3) is 4.27. The number of rotatable bonds is 1. The van der Waals surface area contributed by atoms with Crippen molar-refractivity contribution in [1.29, 1.82) is 0 Å². The molecule has 0 saturated heterocycles. The van der Waals surface area contributed by atoms with Crippen molar-refractivity contribution < 1.29 is 22.4 Å². The lowest BCUT2D eigenvalue weighted by Crippen LogP contribution is -2.19. The largest absolute Gasteiger partial charge is 0.389 e. The Bertz CT molecular complexity index is 780. The minimum Gasteiger partial charge on any atom is -0.294 e. The Morgan fingerprint density at radius 2 is 1.76 bits per heavy atom. The van der Waals surface area contributed by atoms with E-state index in [2.05, 4.69) is 0 Å². The molecule has 2 aromatic carbocycles. The average Bonchev–Trinajstić information content (AvgIpc) is 2.54. The lowest BCUT2D eigenvalue weighted by molar-refractivity contribution is -0.138. The molecule has 0 bridgehead atoms. The van der Waals surface area contributed by atoms with E-state index in [4.69, 9.17) is 0 Å². The standard InChI is InChI=1S/C20H18F4O/c21-16-9-8-13-5-3-7-19(25)17-6-2-1-4-14(17)10-15(18(13)11-16)12-20(22,23)24/h1-2,4,6,8-9,11,15H,3,5,7,10,12H2. The first-order chi connectivity index (χ1) is 11.8. The van der Waals surface area contributed by atoms with Crippen LogP contribution in [0.5, 0.6) is 0 Å². The van der Waals surface area contributed by atoms with Gasteiger partial charge >= 0.3 is 6.18 Å². The second-order valence-electron chi connectivity index (χ2n) is 6.50. The molecule has 2 aromatic rings. The molecule has 0 spiro atoms. The molecule has 0 fully saturated rings. The number of carbonyl (C=O) groups is 1. The van der Waals surface area contributed by atoms with Crippen LogP contribution in [-0.4, -0.2) is 12.0 Å². The number of Topliss-reactive ketones (excluding diaryl/α,β-unsaturated/α-hetero) is 1. The molecule has 1 unspecified atom stereocenters. The van der Waals surface area contributed by atoms with Crippen LogP contribution < -0.4 is 0 Å². The van der Waals surface area contributed by atoms with Gasteiger partial charge in [-0.2, -0.15) is 13.2 Å². The van der Waals surface area contributed by atoms with Crippen molar-refractivity contribution in [2.75, 3.05) is 0 Å². The van der Waals surface area contributed by atoms with Crippen molar-refractivity contribution in [2.45, 2.75) is 44.2 Å². The van der Waals surface area contributed by atoms with E-state index < -0.39 is 24.3 Å². The van der Waals surface area contributed by atoms with Gasteiger partial charge in [-0.25, -0.2) is 4.39 Å². The fourth-order valence-electron chi connectivity index (χ4n) is 3.55. The van der Waals surface area contributed by atoms with Crippen LogP contribution in [0.3, 0.4) is 0 Å². The summed E-state index contributed by atoms with van der Waals surface area (Å²) in [5, 5.41) is 0. The Hall–Kier alpha value is -2.17. The molecule has 1 atom stereocenters. The molecule has 5 heteroatoms. The maximum atomic E-state index is 13.7. The summed E-state index contributed by atoms with van der Waals surface area (Å²) in [5.74, 6) is -1.49. The number of aryl methyl sites for hydroxylation is 1. The van der Waals surface area contributed by atoms with Gasteiger partial charge in [-0.15, -0.1) is 0 Å². The highest BCUT2D eigenvalue weighted by Crippen LogP contribution is 2.37. The Balaban J connectivity index is 2.10. The third-order valence-electron chi connectivity index (χ3n) is 4.66. The summed E-state index contributed by atoms with van der Waals surface area (Å²) >= 11 is 0. The number of benzene rings is 2. The fourth-order valence-corrected chi connectivity index (χ4v) is 3.55. The van der Waals surface area contributed by atoms with Crippen molar-refractivity contribution in [3.63, 3.8) is 0 Å². The highest BCUT2D eigenvalue weighted by molar-refractivity contribution is 5.97. The normalized spacial score (nSPS) is 18.4. The molecule has 0 saturated carbocycles. The molecule has 0 aliphatic heterocycles. The van der Waals surface area contributed by atoms with Gasteiger partial charge in [0.25, 0.3) is 0 Å². The number of halogens is 4. The first kappa shape index (κ1) is 17.6. The summed E-state index contributed by atoms with van der Waals surface area (Å²) in [6.45, 7) is 0. The highest BCUT2D eigenvalue weighted by atomic mass is 19.4. The molecule has 25 heavy (non-hydrogen) atoms. The molecular formula is C20H18F4O. The molecule has 0 heterocycles. The lowest BCUT2D eigenvalue weighted by atomic mass is 9.82. The smallest absolute Gasteiger partial charge is 0.294 e. The van der Waals surface area contributed by atoms with Gasteiger partial charge < -0.3 is 0 Å². The van der Waals surface area contributed by atoms with E-state index in [1.54, 1.807) is 30.3 Å². The van der Waals surface area contributed by atoms with Crippen LogP contribution in [0.15, 0.2) is 42.5 Å². The van der Waals surface area contributed by atoms with Crippen LogP contribution in [0.2, 0.25) is 0 Å². The molecule has 1 nitrogen and oxygen atoms in total. The Labute approximate surface area is 143 Å². The van der Waals surface area contributed by atoms with Crippen LogP contribution in [-0.2, 0) is 12.8 Å². The summed E-state index contributed by atoms with van der Waals surface area (Å²) in [6.07, 6.45) is -4.00. The number of alkyl halides is 3. The third-order valence-corrected chi connectivity index (χ3v) is 4.66. The van der Waals surface area contributed by atoms with Crippen LogP contribution in [0.1, 0.15) is 52.2 Å². The summed E-state index contributed by atoms with van der Waals surface area (Å²) in [5.41, 5.74) is 2.18. The Kier molecular flexibility index (Phi) is 4.93. The minimum atomic E-state index is -4.36. The molecule has 0 aromatic heterocycles. The van der Waals surface area contributed by atoms with Crippen molar-refractivity contribution in [2.24, 2.45) is 0 Å². The zero-order chi connectivity index (χ0) is 18.0. The van der Waals surface area contributed by atoms with Gasteiger partial charge in [-0.3, -0.25) is 4.79 Å². The number of fused-ring (bicyclic) bond motifs is 2. The fraction of sp³-hybridized carbons (Fsp3) is 0.350. The van der Waals surface area contributed by atoms with Crippen molar-refractivity contribution in [1.82, 2.24) is 0 Å². The summed E-state index contributed by atoms with van der Waals surface area (Å²) < 4.78 is 53.2.